The van der Waals surface area contributed by atoms with Gasteiger partial charge in [-0.3, -0.25) is 9.48 Å². The van der Waals surface area contributed by atoms with E-state index in [2.05, 4.69) is 30.8 Å². The minimum Gasteiger partial charge on any atom is -0.501 e. The number of amides is 1. The number of fused-ring (bicyclic) bond motifs is 1. The molecule has 6 nitrogen and oxygen atoms in total. The molecular weight excluding hydrogens is 378 g/mol. The number of carbonyl (C=O) groups is 1. The van der Waals surface area contributed by atoms with Crippen LogP contribution >= 0.6 is 0 Å². The highest BCUT2D eigenvalue weighted by atomic mass is 16.5. The summed E-state index contributed by atoms with van der Waals surface area (Å²) < 4.78 is 12.6. The third-order valence-corrected chi connectivity index (χ3v) is 4.36. The second-order valence-corrected chi connectivity index (χ2v) is 7.22. The van der Waals surface area contributed by atoms with Crippen LogP contribution < -0.4 is 5.32 Å². The molecule has 3 rings (SSSR count). The van der Waals surface area contributed by atoms with E-state index in [-0.39, 0.29) is 5.91 Å². The van der Waals surface area contributed by atoms with Gasteiger partial charge in [0.1, 0.15) is 11.3 Å². The number of nitrogens with zero attached hydrogens (tertiary/aromatic N) is 2. The average Bonchev–Trinajstić information content (AvgIpc) is 3.30. The van der Waals surface area contributed by atoms with Crippen molar-refractivity contribution in [1.29, 1.82) is 0 Å². The first-order valence-electron chi connectivity index (χ1n) is 10.0. The topological polar surface area (TPSA) is 69.3 Å². The van der Waals surface area contributed by atoms with Crippen molar-refractivity contribution in [3.63, 3.8) is 0 Å². The lowest BCUT2D eigenvalue weighted by atomic mass is 10.1. The lowest BCUT2D eigenvalue weighted by molar-refractivity contribution is 0.102. The van der Waals surface area contributed by atoms with Gasteiger partial charge in [0.25, 0.3) is 5.91 Å². The smallest absolute Gasteiger partial charge is 0.255 e. The molecule has 6 heteroatoms. The highest BCUT2D eigenvalue weighted by Crippen LogP contribution is 2.21. The first-order chi connectivity index (χ1) is 14.3. The lowest BCUT2D eigenvalue weighted by Crippen LogP contribution is -2.11. The Morgan fingerprint density at radius 2 is 1.97 bits per heavy atom. The summed E-state index contributed by atoms with van der Waals surface area (Å²) >= 11 is 0. The van der Waals surface area contributed by atoms with Gasteiger partial charge in [-0.25, -0.2) is 0 Å². The highest BCUT2D eigenvalue weighted by Gasteiger charge is 2.11. The molecule has 0 saturated carbocycles. The van der Waals surface area contributed by atoms with Crippen LogP contribution in [0.4, 0.5) is 5.69 Å². The quantitative estimate of drug-likeness (QED) is 0.394. The van der Waals surface area contributed by atoms with Gasteiger partial charge in [0.15, 0.2) is 0 Å². The fourth-order valence-corrected chi connectivity index (χ4v) is 2.87. The van der Waals surface area contributed by atoms with Crippen LogP contribution in [-0.4, -0.2) is 22.8 Å². The number of aryl methyl sites for hydroxylation is 1. The van der Waals surface area contributed by atoms with Crippen LogP contribution in [-0.2, 0) is 11.3 Å². The first kappa shape index (κ1) is 23.0. The molecule has 0 unspecified atom stereocenters. The Kier molecular flexibility index (Phi) is 8.04. The molecule has 0 atom stereocenters. The van der Waals surface area contributed by atoms with Crippen molar-refractivity contribution in [3.05, 3.63) is 71.5 Å². The van der Waals surface area contributed by atoms with Crippen molar-refractivity contribution >= 4 is 22.6 Å². The fourth-order valence-electron chi connectivity index (χ4n) is 2.87. The number of hydrogen-bond donors (Lipinski definition) is 1. The summed E-state index contributed by atoms with van der Waals surface area (Å²) in [7, 11) is 1.63. The number of allylic oxidation sites excluding steroid dienone is 3. The SMILES string of the molecule is C=C(C)/C(Cn1cc(NC(=O)c2ccc3oc(C)cc3c2)cn1)=C(/C)OC.CCC. The predicted molar refractivity (Wildman–Crippen MR) is 122 cm³/mol. The molecule has 2 aromatic heterocycles. The van der Waals surface area contributed by atoms with E-state index < -0.39 is 0 Å². The van der Waals surface area contributed by atoms with Crippen LogP contribution in [0.5, 0.6) is 0 Å². The van der Waals surface area contributed by atoms with Gasteiger partial charge in [0.05, 0.1) is 31.3 Å². The van der Waals surface area contributed by atoms with Gasteiger partial charge in [0, 0.05) is 22.7 Å². The number of rotatable bonds is 6. The number of carbonyl (C=O) groups excluding carboxylic acids is 1. The minimum absolute atomic E-state index is 0.195. The van der Waals surface area contributed by atoms with Crippen LogP contribution in [0, 0.1) is 6.92 Å². The van der Waals surface area contributed by atoms with Gasteiger partial charge in [0.2, 0.25) is 0 Å². The van der Waals surface area contributed by atoms with Crippen molar-refractivity contribution in [3.8, 4) is 0 Å². The van der Waals surface area contributed by atoms with Crippen LogP contribution in [0.2, 0.25) is 0 Å². The Hall–Kier alpha value is -3.28. The lowest BCUT2D eigenvalue weighted by Gasteiger charge is -2.11. The molecule has 1 amide bonds. The number of ether oxygens (including phenoxy) is 1. The van der Waals surface area contributed by atoms with E-state index in [1.807, 2.05) is 32.9 Å². The molecule has 0 bridgehead atoms. The second-order valence-electron chi connectivity index (χ2n) is 7.22. The number of hydrogen-bond acceptors (Lipinski definition) is 4. The van der Waals surface area contributed by atoms with E-state index >= 15 is 0 Å². The van der Waals surface area contributed by atoms with Crippen LogP contribution in [0.25, 0.3) is 11.0 Å². The number of furan rings is 1. The van der Waals surface area contributed by atoms with Crippen molar-refractivity contribution in [1.82, 2.24) is 9.78 Å². The summed E-state index contributed by atoms with van der Waals surface area (Å²) in [6.45, 7) is 14.5. The number of methoxy groups -OCH3 is 1. The largest absolute Gasteiger partial charge is 0.501 e. The first-order valence-corrected chi connectivity index (χ1v) is 10.0. The van der Waals surface area contributed by atoms with Gasteiger partial charge < -0.3 is 14.5 Å². The van der Waals surface area contributed by atoms with Crippen LogP contribution in [0.1, 0.15) is 50.2 Å². The number of benzene rings is 1. The van der Waals surface area contributed by atoms with Crippen molar-refractivity contribution in [2.75, 3.05) is 12.4 Å². The normalized spacial score (nSPS) is 11.4. The maximum absolute atomic E-state index is 12.5. The van der Waals surface area contributed by atoms with Gasteiger partial charge in [-0.2, -0.15) is 5.10 Å². The zero-order chi connectivity index (χ0) is 22.3. The minimum atomic E-state index is -0.195. The van der Waals surface area contributed by atoms with Crippen LogP contribution in [0.15, 0.2) is 64.6 Å². The second kappa shape index (κ2) is 10.5. The van der Waals surface area contributed by atoms with E-state index in [0.29, 0.717) is 17.8 Å². The Labute approximate surface area is 178 Å². The Balaban J connectivity index is 0.00000101. The number of anilines is 1. The molecule has 160 valence electrons. The van der Waals surface area contributed by atoms with E-state index in [4.69, 9.17) is 9.15 Å². The molecule has 1 aromatic carbocycles. The molecule has 0 radical (unpaired) electrons. The molecule has 0 aliphatic carbocycles. The molecule has 0 aliphatic heterocycles. The zero-order valence-corrected chi connectivity index (χ0v) is 18.7. The van der Waals surface area contributed by atoms with Gasteiger partial charge in [-0.05, 0) is 50.6 Å². The zero-order valence-electron chi connectivity index (χ0n) is 18.7. The summed E-state index contributed by atoms with van der Waals surface area (Å²) in [5, 5.41) is 8.09. The highest BCUT2D eigenvalue weighted by molar-refractivity contribution is 6.06. The van der Waals surface area contributed by atoms with E-state index in [0.717, 1.165) is 33.6 Å². The molecule has 0 spiro atoms. The monoisotopic (exact) mass is 409 g/mol. The van der Waals surface area contributed by atoms with Gasteiger partial charge in [-0.1, -0.05) is 26.8 Å². The summed E-state index contributed by atoms with van der Waals surface area (Å²) in [4.78, 5) is 12.5. The third kappa shape index (κ3) is 5.86. The van der Waals surface area contributed by atoms with Crippen molar-refractivity contribution in [2.45, 2.75) is 47.6 Å². The summed E-state index contributed by atoms with van der Waals surface area (Å²) in [5.74, 6) is 1.42. The standard InChI is InChI=1S/C21H23N3O3.C3H8/c1-13(2)19(15(4)26-5)12-24-11-18(10-22-24)23-21(25)16-6-7-20-17(9-16)8-14(3)27-20;1-3-2/h6-11H,1,12H2,2-5H3,(H,23,25);3H2,1-2H3/b19-15-;. The van der Waals surface area contributed by atoms with E-state index in [9.17, 15) is 4.79 Å². The van der Waals surface area contributed by atoms with E-state index in [1.165, 1.54) is 6.42 Å². The average molecular weight is 410 g/mol. The molecule has 1 N–H and O–H groups in total. The van der Waals surface area contributed by atoms with Crippen molar-refractivity contribution < 1.29 is 13.9 Å². The Morgan fingerprint density at radius 1 is 1.27 bits per heavy atom. The Bertz CT molecular complexity index is 1060. The molecule has 30 heavy (non-hydrogen) atoms. The molecular formula is C24H31N3O3. The number of aromatic nitrogens is 2. The molecule has 3 aromatic rings. The maximum atomic E-state index is 12.5. The van der Waals surface area contributed by atoms with E-state index in [1.54, 1.807) is 36.3 Å². The number of nitrogens with one attached hydrogen (secondary N) is 1. The predicted octanol–water partition coefficient (Wildman–Crippen LogP) is 6.10. The van der Waals surface area contributed by atoms with Crippen LogP contribution in [0.3, 0.4) is 0 Å². The molecule has 2 heterocycles. The maximum Gasteiger partial charge on any atom is 0.255 e. The van der Waals surface area contributed by atoms with Crippen molar-refractivity contribution in [2.24, 2.45) is 0 Å². The summed E-state index contributed by atoms with van der Waals surface area (Å²) in [5.41, 5.74) is 3.84. The molecule has 0 aliphatic rings. The van der Waals surface area contributed by atoms with Gasteiger partial charge >= 0.3 is 0 Å². The third-order valence-electron chi connectivity index (χ3n) is 4.36. The Morgan fingerprint density at radius 3 is 2.60 bits per heavy atom. The molecule has 0 fully saturated rings. The van der Waals surface area contributed by atoms with Gasteiger partial charge in [-0.15, -0.1) is 0 Å². The summed E-state index contributed by atoms with van der Waals surface area (Å²) in [6.07, 6.45) is 4.65. The molecule has 0 saturated heterocycles. The fraction of sp³-hybridized carbons (Fsp3) is 0.333. The summed E-state index contributed by atoms with van der Waals surface area (Å²) in [6, 6.07) is 7.27.